The molecule has 0 radical (unpaired) electrons. The molecule has 1 aliphatic rings. The van der Waals surface area contributed by atoms with Crippen molar-refractivity contribution in [2.24, 2.45) is 0 Å². The molecular formula is C30H68O13. The van der Waals surface area contributed by atoms with E-state index in [4.69, 9.17) is 10.2 Å². The van der Waals surface area contributed by atoms with E-state index in [-0.39, 0.29) is 80.2 Å². The maximum absolute atomic E-state index is 10.7. The summed E-state index contributed by atoms with van der Waals surface area (Å²) in [7, 11) is 4.56. The summed E-state index contributed by atoms with van der Waals surface area (Å²) < 4.78 is 23.2. The number of aliphatic carboxylic acids is 1. The molecule has 0 aromatic rings. The summed E-state index contributed by atoms with van der Waals surface area (Å²) in [5.41, 5.74) is 0. The molecule has 3 unspecified atom stereocenters. The Balaban J connectivity index is -0.0000000387. The Morgan fingerprint density at radius 3 is 0.837 bits per heavy atom. The summed E-state index contributed by atoms with van der Waals surface area (Å²) in [6, 6.07) is 0. The minimum atomic E-state index is -1.23. The van der Waals surface area contributed by atoms with Crippen LogP contribution in [0.4, 0.5) is 0 Å². The first-order valence-electron chi connectivity index (χ1n) is 11.2. The van der Waals surface area contributed by atoms with Crippen LogP contribution < -0.4 is 0 Å². The average Bonchev–Trinajstić information content (AvgIpc) is 2.82. The van der Waals surface area contributed by atoms with Crippen LogP contribution in [-0.4, -0.2) is 103 Å². The third-order valence-electron chi connectivity index (χ3n) is 4.39. The number of hydrogen-bond donors (Lipinski definition) is 2. The summed E-state index contributed by atoms with van der Waals surface area (Å²) in [6.45, 7) is 13.9. The lowest BCUT2D eigenvalue weighted by atomic mass is 10.3. The summed E-state index contributed by atoms with van der Waals surface area (Å²) in [4.78, 5) is 61.5. The third-order valence-corrected chi connectivity index (χ3v) is 4.39. The fraction of sp³-hybridized carbons (Fsp3) is 0.800. The van der Waals surface area contributed by atoms with Crippen LogP contribution in [-0.2, 0) is 52.5 Å². The maximum atomic E-state index is 10.7. The van der Waals surface area contributed by atoms with Gasteiger partial charge in [-0.1, -0.05) is 44.6 Å². The molecule has 2 N–H and O–H groups in total. The molecule has 0 spiro atoms. The van der Waals surface area contributed by atoms with Gasteiger partial charge in [0.15, 0.2) is 29.6 Å². The molecule has 43 heavy (non-hydrogen) atoms. The predicted molar refractivity (Wildman–Crippen MR) is 172 cm³/mol. The molecule has 0 bridgehead atoms. The smallest absolute Gasteiger partial charge is 0.347 e. The van der Waals surface area contributed by atoms with Crippen molar-refractivity contribution in [3.05, 3.63) is 0 Å². The number of esters is 2. The van der Waals surface area contributed by atoms with Crippen molar-refractivity contribution in [2.45, 2.75) is 143 Å². The number of carbonyl (C=O) groups is 6. The SMILES string of the molecule is C.C.C.C.C.C.COC(C)C(C)=O.COC(C)C(C)=O.COC(C)C(C)=O.C[C@@H]1OC(=O)[C@H](C)OC1=O.C[C@H](O)C(=O)O. The molecule has 1 fully saturated rings. The Bertz CT molecular complexity index is 639. The molecule has 1 saturated heterocycles. The molecule has 1 aliphatic heterocycles. The van der Waals surface area contributed by atoms with Gasteiger partial charge in [-0.3, -0.25) is 14.4 Å². The second-order valence-corrected chi connectivity index (χ2v) is 7.64. The number of rotatable bonds is 7. The summed E-state index contributed by atoms with van der Waals surface area (Å²) in [5.74, 6) is -1.93. The highest BCUT2D eigenvalue weighted by Gasteiger charge is 2.32. The molecule has 0 aliphatic carbocycles. The van der Waals surface area contributed by atoms with Crippen LogP contribution in [0.5, 0.6) is 0 Å². The summed E-state index contributed by atoms with van der Waals surface area (Å²) in [5, 5.41) is 15.8. The Morgan fingerprint density at radius 2 is 0.767 bits per heavy atom. The van der Waals surface area contributed by atoms with Crippen molar-refractivity contribution in [1.82, 2.24) is 0 Å². The van der Waals surface area contributed by atoms with Gasteiger partial charge in [-0.15, -0.1) is 0 Å². The molecule has 0 aromatic heterocycles. The van der Waals surface area contributed by atoms with Crippen molar-refractivity contribution in [3.63, 3.8) is 0 Å². The van der Waals surface area contributed by atoms with Gasteiger partial charge in [0, 0.05) is 21.3 Å². The minimum Gasteiger partial charge on any atom is -0.479 e. The zero-order chi connectivity index (χ0) is 30.5. The fourth-order valence-corrected chi connectivity index (χ4v) is 1.13. The lowest BCUT2D eigenvalue weighted by Crippen LogP contribution is -2.40. The Labute approximate surface area is 263 Å². The van der Waals surface area contributed by atoms with Crippen molar-refractivity contribution in [3.8, 4) is 0 Å². The normalized spacial score (nSPS) is 16.2. The molecule has 13 nitrogen and oxygen atoms in total. The van der Waals surface area contributed by atoms with E-state index < -0.39 is 36.2 Å². The fourth-order valence-electron chi connectivity index (χ4n) is 1.13. The molecule has 6 atom stereocenters. The monoisotopic (exact) mass is 636 g/mol. The van der Waals surface area contributed by atoms with Crippen LogP contribution in [0, 0.1) is 0 Å². The van der Waals surface area contributed by atoms with Gasteiger partial charge in [-0.25, -0.2) is 14.4 Å². The molecular weight excluding hydrogens is 568 g/mol. The molecule has 1 rings (SSSR count). The number of aliphatic hydroxyl groups excluding tert-OH is 1. The van der Waals surface area contributed by atoms with Gasteiger partial charge in [-0.2, -0.15) is 0 Å². The van der Waals surface area contributed by atoms with Gasteiger partial charge in [0.25, 0.3) is 0 Å². The summed E-state index contributed by atoms with van der Waals surface area (Å²) >= 11 is 0. The lowest BCUT2D eigenvalue weighted by molar-refractivity contribution is -0.191. The van der Waals surface area contributed by atoms with Crippen LogP contribution >= 0.6 is 0 Å². The minimum absolute atomic E-state index is 0. The standard InChI is InChI=1S/C6H8O4.3C5H10O2.C3H6O3.6CH4/c1-3-5(7)10-4(2)6(8)9-3;3*1-4(6)5(2)7-3;1-2(4)3(5)6;;;;;;/h3-4H,1-2H3;3*5H,1-3H3;2,4H,1H3,(H,5,6);6*1H4/t3-,4-;;;;2-;;;;;;/m0...0....../s1. The highest BCUT2D eigenvalue weighted by molar-refractivity contribution is 5.86. The van der Waals surface area contributed by atoms with Gasteiger partial charge in [-0.05, 0) is 62.3 Å². The molecule has 0 aromatic carbocycles. The van der Waals surface area contributed by atoms with Crippen molar-refractivity contribution >= 4 is 35.3 Å². The van der Waals surface area contributed by atoms with E-state index >= 15 is 0 Å². The van der Waals surface area contributed by atoms with E-state index in [2.05, 4.69) is 23.7 Å². The highest BCUT2D eigenvalue weighted by Crippen LogP contribution is 2.08. The number of carbonyl (C=O) groups excluding carboxylic acids is 5. The average molecular weight is 637 g/mol. The predicted octanol–water partition coefficient (Wildman–Crippen LogP) is 4.96. The second-order valence-electron chi connectivity index (χ2n) is 7.64. The van der Waals surface area contributed by atoms with Gasteiger partial charge >= 0.3 is 17.9 Å². The first-order valence-corrected chi connectivity index (χ1v) is 11.2. The number of cyclic esters (lactones) is 2. The quantitative estimate of drug-likeness (QED) is 0.357. The molecule has 13 heteroatoms. The molecule has 0 amide bonds. The number of aliphatic hydroxyl groups is 1. The van der Waals surface area contributed by atoms with Crippen molar-refractivity contribution in [1.29, 1.82) is 0 Å². The number of methoxy groups -OCH3 is 3. The first kappa shape index (κ1) is 67.8. The topological polar surface area (TPSA) is 189 Å². The second kappa shape index (κ2) is 39.3. The Morgan fingerprint density at radius 1 is 0.605 bits per heavy atom. The number of ketones is 3. The summed E-state index contributed by atoms with van der Waals surface area (Å²) in [6.07, 6.45) is -3.43. The Hall–Kier alpha value is -2.74. The first-order chi connectivity index (χ1) is 16.8. The number of carboxylic acid groups (broad SMARTS) is 1. The van der Waals surface area contributed by atoms with Crippen LogP contribution in [0.25, 0.3) is 0 Å². The van der Waals surface area contributed by atoms with Gasteiger partial charge < -0.3 is 33.9 Å². The highest BCUT2D eigenvalue weighted by atomic mass is 16.6. The van der Waals surface area contributed by atoms with E-state index in [1.807, 2.05) is 0 Å². The maximum Gasteiger partial charge on any atom is 0.347 e. The van der Waals surface area contributed by atoms with Crippen LogP contribution in [0.2, 0.25) is 0 Å². The number of Topliss-reactive ketones (excluding diaryl/α,β-unsaturated/α-hetero) is 3. The number of hydrogen-bond acceptors (Lipinski definition) is 12. The van der Waals surface area contributed by atoms with E-state index in [1.165, 1.54) is 62.9 Å². The van der Waals surface area contributed by atoms with E-state index in [9.17, 15) is 28.8 Å². The number of carboxylic acids is 1. The third kappa shape index (κ3) is 43.8. The van der Waals surface area contributed by atoms with Crippen molar-refractivity contribution < 1.29 is 62.7 Å². The van der Waals surface area contributed by atoms with E-state index in [0.717, 1.165) is 0 Å². The molecule has 266 valence electrons. The largest absolute Gasteiger partial charge is 0.479 e. The lowest BCUT2D eigenvalue weighted by Gasteiger charge is -2.22. The zero-order valence-electron chi connectivity index (χ0n) is 23.8. The van der Waals surface area contributed by atoms with Gasteiger partial charge in [0.2, 0.25) is 0 Å². The molecule has 0 saturated carbocycles. The van der Waals surface area contributed by atoms with Gasteiger partial charge in [0.05, 0.1) is 0 Å². The van der Waals surface area contributed by atoms with Crippen LogP contribution in [0.1, 0.15) is 107 Å². The van der Waals surface area contributed by atoms with Crippen molar-refractivity contribution in [2.75, 3.05) is 21.3 Å². The van der Waals surface area contributed by atoms with Crippen LogP contribution in [0.3, 0.4) is 0 Å². The molecule has 1 heterocycles. The van der Waals surface area contributed by atoms with Gasteiger partial charge in [0.1, 0.15) is 24.4 Å². The van der Waals surface area contributed by atoms with E-state index in [1.54, 1.807) is 20.8 Å². The number of ether oxygens (including phenoxy) is 5. The van der Waals surface area contributed by atoms with Crippen LogP contribution in [0.15, 0.2) is 0 Å². The van der Waals surface area contributed by atoms with E-state index in [0.29, 0.717) is 0 Å². The zero-order valence-corrected chi connectivity index (χ0v) is 23.8. The Kier molecular flexibility index (Phi) is 61.9.